The second kappa shape index (κ2) is 11.8. The lowest BCUT2D eigenvalue weighted by atomic mass is 10.1. The summed E-state index contributed by atoms with van der Waals surface area (Å²) in [4.78, 5) is 43.5. The van der Waals surface area contributed by atoms with Gasteiger partial charge in [0.15, 0.2) is 5.69 Å². The van der Waals surface area contributed by atoms with Crippen LogP contribution in [0.25, 0.3) is 0 Å². The van der Waals surface area contributed by atoms with Crippen molar-refractivity contribution in [1.82, 2.24) is 14.5 Å². The maximum Gasteiger partial charge on any atom is 0.387 e. The number of anilines is 2. The number of nitrogens with two attached hydrogens (primary N) is 1. The van der Waals surface area contributed by atoms with Gasteiger partial charge in [-0.05, 0) is 36.6 Å². The molecular weight excluding hydrogens is 448 g/mol. The minimum atomic E-state index is -2.93. The van der Waals surface area contributed by atoms with Gasteiger partial charge in [-0.25, -0.2) is 4.79 Å². The number of ether oxygens (including phenoxy) is 1. The van der Waals surface area contributed by atoms with Crippen LogP contribution in [0.4, 0.5) is 20.3 Å². The molecule has 1 aromatic carbocycles. The Labute approximate surface area is 197 Å². The van der Waals surface area contributed by atoms with E-state index in [0.29, 0.717) is 5.56 Å². The highest BCUT2D eigenvalue weighted by Crippen LogP contribution is 2.20. The van der Waals surface area contributed by atoms with Gasteiger partial charge in [0, 0.05) is 19.6 Å². The van der Waals surface area contributed by atoms with E-state index in [0.717, 1.165) is 0 Å². The quantitative estimate of drug-likeness (QED) is 0.510. The number of halogens is 2. The molecule has 2 rings (SSSR count). The van der Waals surface area contributed by atoms with Crippen LogP contribution in [0.5, 0.6) is 5.75 Å². The van der Waals surface area contributed by atoms with E-state index in [1.54, 1.807) is 24.1 Å². The van der Waals surface area contributed by atoms with Crippen molar-refractivity contribution in [1.29, 1.82) is 0 Å². The van der Waals surface area contributed by atoms with Crippen molar-refractivity contribution < 1.29 is 18.3 Å². The van der Waals surface area contributed by atoms with E-state index in [-0.39, 0.29) is 61.2 Å². The first-order chi connectivity index (χ1) is 15.9. The third kappa shape index (κ3) is 7.41. The Morgan fingerprint density at radius 2 is 1.85 bits per heavy atom. The van der Waals surface area contributed by atoms with E-state index < -0.39 is 17.9 Å². The molecule has 0 spiro atoms. The molecule has 0 aliphatic heterocycles. The minimum Gasteiger partial charge on any atom is -0.435 e. The monoisotopic (exact) mass is 481 g/mol. The topological polar surface area (TPSA) is 114 Å². The van der Waals surface area contributed by atoms with Crippen LogP contribution in [0.3, 0.4) is 0 Å². The SMILES string of the molecule is CC(C)CN(C(=O)CN(C)Cc1cccc(OC(F)F)c1)c1c(N)n(CC(C)C)c(=O)[nH]c1=O. The molecule has 11 heteroatoms. The average molecular weight is 482 g/mol. The maximum atomic E-state index is 13.3. The summed E-state index contributed by atoms with van der Waals surface area (Å²) in [6, 6.07) is 6.22. The Balaban J connectivity index is 2.30. The summed E-state index contributed by atoms with van der Waals surface area (Å²) in [6.45, 7) is 5.39. The predicted molar refractivity (Wildman–Crippen MR) is 127 cm³/mol. The lowest BCUT2D eigenvalue weighted by molar-refractivity contribution is -0.119. The second-order valence-corrected chi connectivity index (χ2v) is 9.09. The standard InChI is InChI=1S/C23H33F2N5O4/c1-14(2)10-29(19-20(26)30(11-15(3)4)23(33)27-21(19)32)18(31)13-28(5)12-16-7-6-8-17(9-16)34-22(24)25/h6-9,14-15,22H,10-13,26H2,1-5H3,(H,27,32,33). The molecule has 188 valence electrons. The van der Waals surface area contributed by atoms with Crippen molar-refractivity contribution in [2.24, 2.45) is 11.8 Å². The molecule has 1 aromatic heterocycles. The Bertz CT molecular complexity index is 1100. The highest BCUT2D eigenvalue weighted by atomic mass is 19.3. The third-order valence-electron chi connectivity index (χ3n) is 4.86. The smallest absolute Gasteiger partial charge is 0.387 e. The van der Waals surface area contributed by atoms with Crippen molar-refractivity contribution in [2.45, 2.75) is 47.4 Å². The van der Waals surface area contributed by atoms with Crippen molar-refractivity contribution in [2.75, 3.05) is 30.8 Å². The van der Waals surface area contributed by atoms with Crippen LogP contribution >= 0.6 is 0 Å². The number of likely N-dealkylation sites (N-methyl/N-ethyl adjacent to an activating group) is 1. The van der Waals surface area contributed by atoms with Crippen LogP contribution in [0.15, 0.2) is 33.9 Å². The molecule has 0 unspecified atom stereocenters. The molecule has 0 aliphatic rings. The molecule has 9 nitrogen and oxygen atoms in total. The van der Waals surface area contributed by atoms with Gasteiger partial charge in [-0.15, -0.1) is 0 Å². The largest absolute Gasteiger partial charge is 0.435 e. The Morgan fingerprint density at radius 3 is 2.44 bits per heavy atom. The Morgan fingerprint density at radius 1 is 1.18 bits per heavy atom. The zero-order valence-electron chi connectivity index (χ0n) is 20.2. The normalized spacial score (nSPS) is 11.6. The number of hydrogen-bond donors (Lipinski definition) is 2. The number of amides is 1. The number of nitrogens with zero attached hydrogens (tertiary/aromatic N) is 3. The zero-order chi connectivity index (χ0) is 25.6. The number of carbonyl (C=O) groups excluding carboxylic acids is 1. The molecule has 0 bridgehead atoms. The van der Waals surface area contributed by atoms with Crippen molar-refractivity contribution in [3.05, 3.63) is 50.7 Å². The molecule has 1 amide bonds. The highest BCUT2D eigenvalue weighted by molar-refractivity contribution is 5.96. The number of nitrogens with one attached hydrogen (secondary N) is 1. The van der Waals surface area contributed by atoms with E-state index in [4.69, 9.17) is 5.73 Å². The van der Waals surface area contributed by atoms with E-state index in [1.165, 1.54) is 21.6 Å². The average Bonchev–Trinajstić information content (AvgIpc) is 2.69. The molecule has 0 radical (unpaired) electrons. The van der Waals surface area contributed by atoms with Gasteiger partial charge in [0.2, 0.25) is 5.91 Å². The maximum absolute atomic E-state index is 13.3. The molecule has 3 N–H and O–H groups in total. The summed E-state index contributed by atoms with van der Waals surface area (Å²) in [5.41, 5.74) is 5.48. The van der Waals surface area contributed by atoms with Crippen molar-refractivity contribution >= 4 is 17.4 Å². The van der Waals surface area contributed by atoms with Gasteiger partial charge in [-0.3, -0.25) is 24.0 Å². The van der Waals surface area contributed by atoms with Crippen LogP contribution in [0.2, 0.25) is 0 Å². The van der Waals surface area contributed by atoms with Gasteiger partial charge in [-0.1, -0.05) is 39.8 Å². The molecule has 34 heavy (non-hydrogen) atoms. The van der Waals surface area contributed by atoms with Crippen molar-refractivity contribution in [3.8, 4) is 5.75 Å². The summed E-state index contributed by atoms with van der Waals surface area (Å²) in [6.07, 6.45) is 0. The van der Waals surface area contributed by atoms with Gasteiger partial charge >= 0.3 is 12.3 Å². The van der Waals surface area contributed by atoms with Gasteiger partial charge in [0.25, 0.3) is 5.56 Å². The molecule has 0 atom stereocenters. The Kier molecular flexibility index (Phi) is 9.36. The van der Waals surface area contributed by atoms with Crippen LogP contribution < -0.4 is 26.6 Å². The number of aromatic nitrogens is 2. The fourth-order valence-corrected chi connectivity index (χ4v) is 3.57. The van der Waals surface area contributed by atoms with E-state index in [2.05, 4.69) is 9.72 Å². The molecule has 1 heterocycles. The molecule has 0 saturated carbocycles. The fourth-order valence-electron chi connectivity index (χ4n) is 3.57. The van der Waals surface area contributed by atoms with Crippen LogP contribution in [0, 0.1) is 11.8 Å². The number of hydrogen-bond acceptors (Lipinski definition) is 6. The minimum absolute atomic E-state index is 0.0155. The summed E-state index contributed by atoms with van der Waals surface area (Å²) in [5, 5.41) is 0. The molecule has 0 fully saturated rings. The third-order valence-corrected chi connectivity index (χ3v) is 4.86. The first-order valence-electron chi connectivity index (χ1n) is 11.0. The molecular formula is C23H33F2N5O4. The first kappa shape index (κ1) is 27.0. The predicted octanol–water partition coefficient (Wildman–Crippen LogP) is 2.50. The fraction of sp³-hybridized carbons (Fsp3) is 0.522. The van der Waals surface area contributed by atoms with E-state index >= 15 is 0 Å². The molecule has 2 aromatic rings. The molecule has 0 saturated heterocycles. The van der Waals surface area contributed by atoms with E-state index in [9.17, 15) is 23.2 Å². The number of alkyl halides is 2. The number of nitrogen functional groups attached to an aromatic ring is 1. The summed E-state index contributed by atoms with van der Waals surface area (Å²) >= 11 is 0. The number of carbonyl (C=O) groups is 1. The van der Waals surface area contributed by atoms with Crippen LogP contribution in [-0.2, 0) is 17.9 Å². The summed E-state index contributed by atoms with van der Waals surface area (Å²) in [7, 11) is 1.69. The summed E-state index contributed by atoms with van der Waals surface area (Å²) < 4.78 is 30.7. The van der Waals surface area contributed by atoms with Gasteiger partial charge in [-0.2, -0.15) is 8.78 Å². The van der Waals surface area contributed by atoms with Crippen LogP contribution in [-0.4, -0.2) is 47.1 Å². The van der Waals surface area contributed by atoms with Gasteiger partial charge in [0.1, 0.15) is 11.6 Å². The number of rotatable bonds is 11. The number of benzene rings is 1. The van der Waals surface area contributed by atoms with E-state index in [1.807, 2.05) is 27.7 Å². The van der Waals surface area contributed by atoms with Crippen molar-refractivity contribution in [3.63, 3.8) is 0 Å². The number of H-pyrrole nitrogens is 1. The zero-order valence-corrected chi connectivity index (χ0v) is 20.2. The summed E-state index contributed by atoms with van der Waals surface area (Å²) in [5.74, 6) is -0.315. The lowest BCUT2D eigenvalue weighted by Crippen LogP contribution is -2.46. The Hall–Kier alpha value is -3.21. The molecule has 0 aliphatic carbocycles. The lowest BCUT2D eigenvalue weighted by Gasteiger charge is -2.28. The van der Waals surface area contributed by atoms with Gasteiger partial charge < -0.3 is 15.4 Å². The van der Waals surface area contributed by atoms with Crippen LogP contribution in [0.1, 0.15) is 33.3 Å². The first-order valence-corrected chi connectivity index (χ1v) is 11.0. The number of aromatic amines is 1. The van der Waals surface area contributed by atoms with Gasteiger partial charge in [0.05, 0.1) is 6.54 Å². The second-order valence-electron chi connectivity index (χ2n) is 9.09. The highest BCUT2D eigenvalue weighted by Gasteiger charge is 2.26.